The summed E-state index contributed by atoms with van der Waals surface area (Å²) in [6, 6.07) is 1.72. The van der Waals surface area contributed by atoms with Gasteiger partial charge in [-0.05, 0) is 32.8 Å². The van der Waals surface area contributed by atoms with Crippen LogP contribution >= 0.6 is 0 Å². The second-order valence-electron chi connectivity index (χ2n) is 5.21. The van der Waals surface area contributed by atoms with Crippen LogP contribution in [0.15, 0.2) is 10.5 Å². The molecule has 21 heavy (non-hydrogen) atoms. The van der Waals surface area contributed by atoms with Gasteiger partial charge in [-0.25, -0.2) is 0 Å². The highest BCUT2D eigenvalue weighted by Gasteiger charge is 2.15. The lowest BCUT2D eigenvalue weighted by Crippen LogP contribution is -2.35. The number of nitrogens with one attached hydrogen (secondary N) is 1. The van der Waals surface area contributed by atoms with Crippen molar-refractivity contribution >= 4 is 11.8 Å². The summed E-state index contributed by atoms with van der Waals surface area (Å²) in [7, 11) is 0. The molecule has 0 atom stereocenters. The number of carbonyl (C=O) groups excluding carboxylic acids is 2. The maximum Gasteiger partial charge on any atom is 0.254 e. The number of furan rings is 1. The average Bonchev–Trinajstić information content (AvgIpc) is 2.77. The predicted octanol–water partition coefficient (Wildman–Crippen LogP) is 2.66. The number of nitrogens with zero attached hydrogens (tertiary/aromatic N) is 1. The number of aryl methyl sites for hydroxylation is 2. The zero-order chi connectivity index (χ0) is 15.8. The molecule has 0 aromatic carbocycles. The molecule has 0 aliphatic carbocycles. The summed E-state index contributed by atoms with van der Waals surface area (Å²) in [6.45, 7) is 9.59. The second-order valence-corrected chi connectivity index (χ2v) is 5.21. The van der Waals surface area contributed by atoms with Crippen LogP contribution in [-0.4, -0.2) is 36.3 Å². The molecule has 0 saturated carbocycles. The van der Waals surface area contributed by atoms with Gasteiger partial charge in [-0.3, -0.25) is 9.59 Å². The maximum atomic E-state index is 12.1. The average molecular weight is 294 g/mol. The molecule has 0 unspecified atom stereocenters. The van der Waals surface area contributed by atoms with E-state index in [-0.39, 0.29) is 11.8 Å². The highest BCUT2D eigenvalue weighted by Crippen LogP contribution is 2.13. The molecule has 5 heteroatoms. The maximum absolute atomic E-state index is 12.1. The Morgan fingerprint density at radius 3 is 2.29 bits per heavy atom. The van der Waals surface area contributed by atoms with Crippen LogP contribution in [-0.2, 0) is 4.79 Å². The van der Waals surface area contributed by atoms with E-state index in [1.807, 2.05) is 4.90 Å². The van der Waals surface area contributed by atoms with Crippen molar-refractivity contribution in [1.82, 2.24) is 10.2 Å². The van der Waals surface area contributed by atoms with Crippen molar-refractivity contribution in [3.63, 3.8) is 0 Å². The summed E-state index contributed by atoms with van der Waals surface area (Å²) < 4.78 is 5.33. The van der Waals surface area contributed by atoms with Crippen molar-refractivity contribution in [2.75, 3.05) is 19.6 Å². The van der Waals surface area contributed by atoms with Gasteiger partial charge in [0.15, 0.2) is 0 Å². The zero-order valence-electron chi connectivity index (χ0n) is 13.5. The van der Waals surface area contributed by atoms with Crippen LogP contribution in [0.1, 0.15) is 55.0 Å². The van der Waals surface area contributed by atoms with Gasteiger partial charge in [-0.15, -0.1) is 0 Å². The Morgan fingerprint density at radius 1 is 1.19 bits per heavy atom. The van der Waals surface area contributed by atoms with E-state index in [0.29, 0.717) is 30.0 Å². The van der Waals surface area contributed by atoms with Gasteiger partial charge >= 0.3 is 0 Å². The smallest absolute Gasteiger partial charge is 0.254 e. The van der Waals surface area contributed by atoms with Crippen molar-refractivity contribution < 1.29 is 14.0 Å². The van der Waals surface area contributed by atoms with E-state index in [1.165, 1.54) is 0 Å². The number of amides is 2. The van der Waals surface area contributed by atoms with Crippen LogP contribution in [0.5, 0.6) is 0 Å². The first-order chi connectivity index (χ1) is 9.99. The Labute approximate surface area is 126 Å². The van der Waals surface area contributed by atoms with Gasteiger partial charge in [0.25, 0.3) is 5.91 Å². The van der Waals surface area contributed by atoms with Gasteiger partial charge in [-0.2, -0.15) is 0 Å². The van der Waals surface area contributed by atoms with E-state index in [1.54, 1.807) is 19.9 Å². The highest BCUT2D eigenvalue weighted by molar-refractivity contribution is 5.95. The molecule has 0 saturated heterocycles. The molecule has 1 heterocycles. The van der Waals surface area contributed by atoms with Crippen LogP contribution in [0.3, 0.4) is 0 Å². The largest absolute Gasteiger partial charge is 0.466 e. The zero-order valence-corrected chi connectivity index (χ0v) is 13.5. The van der Waals surface area contributed by atoms with Crippen LogP contribution in [0, 0.1) is 13.8 Å². The highest BCUT2D eigenvalue weighted by atomic mass is 16.3. The first kappa shape index (κ1) is 17.3. The van der Waals surface area contributed by atoms with E-state index in [4.69, 9.17) is 4.42 Å². The molecule has 0 bridgehead atoms. The van der Waals surface area contributed by atoms with Gasteiger partial charge in [0.05, 0.1) is 5.56 Å². The SMILES string of the molecule is CCCN(CCC)C(=O)CCNC(=O)c1cc(C)oc1C. The molecule has 1 rings (SSSR count). The fourth-order valence-electron chi connectivity index (χ4n) is 2.29. The molecule has 1 N–H and O–H groups in total. The third-order valence-corrected chi connectivity index (χ3v) is 3.25. The van der Waals surface area contributed by atoms with Gasteiger partial charge in [0.1, 0.15) is 11.5 Å². The first-order valence-electron chi connectivity index (χ1n) is 7.62. The standard InChI is InChI=1S/C16H26N2O3/c1-5-9-18(10-6-2)15(19)7-8-17-16(20)14-11-12(3)21-13(14)4/h11H,5-10H2,1-4H3,(H,17,20). The number of carbonyl (C=O) groups is 2. The van der Waals surface area contributed by atoms with Crippen LogP contribution in [0.25, 0.3) is 0 Å². The van der Waals surface area contributed by atoms with Crippen molar-refractivity contribution in [2.24, 2.45) is 0 Å². The summed E-state index contributed by atoms with van der Waals surface area (Å²) in [5.41, 5.74) is 0.541. The molecule has 1 aromatic heterocycles. The van der Waals surface area contributed by atoms with E-state index in [0.717, 1.165) is 25.9 Å². The Kier molecular flexibility index (Phi) is 6.99. The molecular formula is C16H26N2O3. The summed E-state index contributed by atoms with van der Waals surface area (Å²) in [5, 5.41) is 2.78. The number of rotatable bonds is 8. The molecule has 118 valence electrons. The van der Waals surface area contributed by atoms with Gasteiger partial charge < -0.3 is 14.6 Å². The lowest BCUT2D eigenvalue weighted by molar-refractivity contribution is -0.131. The summed E-state index contributed by atoms with van der Waals surface area (Å²) in [6.07, 6.45) is 2.23. The molecule has 2 amide bonds. The van der Waals surface area contributed by atoms with Gasteiger partial charge in [0, 0.05) is 26.1 Å². The normalized spacial score (nSPS) is 10.5. The van der Waals surface area contributed by atoms with E-state index in [2.05, 4.69) is 19.2 Å². The Morgan fingerprint density at radius 2 is 1.81 bits per heavy atom. The Balaban J connectivity index is 2.43. The molecule has 0 aliphatic rings. The Bertz CT molecular complexity index is 474. The van der Waals surface area contributed by atoms with Crippen LogP contribution in [0.4, 0.5) is 0 Å². The molecular weight excluding hydrogens is 268 g/mol. The predicted molar refractivity (Wildman–Crippen MR) is 82.3 cm³/mol. The molecule has 1 aromatic rings. The fraction of sp³-hybridized carbons (Fsp3) is 0.625. The lowest BCUT2D eigenvalue weighted by atomic mass is 10.2. The summed E-state index contributed by atoms with van der Waals surface area (Å²) in [4.78, 5) is 25.9. The minimum absolute atomic E-state index is 0.0964. The quantitative estimate of drug-likeness (QED) is 0.801. The minimum Gasteiger partial charge on any atom is -0.466 e. The number of hydrogen-bond acceptors (Lipinski definition) is 3. The van der Waals surface area contributed by atoms with E-state index >= 15 is 0 Å². The van der Waals surface area contributed by atoms with E-state index < -0.39 is 0 Å². The minimum atomic E-state index is -0.185. The summed E-state index contributed by atoms with van der Waals surface area (Å²) >= 11 is 0. The van der Waals surface area contributed by atoms with Crippen LogP contribution in [0.2, 0.25) is 0 Å². The molecule has 0 aliphatic heterocycles. The molecule has 5 nitrogen and oxygen atoms in total. The summed E-state index contributed by atoms with van der Waals surface area (Å²) in [5.74, 6) is 1.23. The second kappa shape index (κ2) is 8.49. The van der Waals surface area contributed by atoms with Crippen molar-refractivity contribution in [3.8, 4) is 0 Å². The monoisotopic (exact) mass is 294 g/mol. The van der Waals surface area contributed by atoms with Crippen molar-refractivity contribution in [2.45, 2.75) is 47.0 Å². The van der Waals surface area contributed by atoms with Gasteiger partial charge in [0.2, 0.25) is 5.91 Å². The first-order valence-corrected chi connectivity index (χ1v) is 7.62. The molecule has 0 fully saturated rings. The molecule has 0 radical (unpaired) electrons. The van der Waals surface area contributed by atoms with Crippen molar-refractivity contribution in [3.05, 3.63) is 23.2 Å². The van der Waals surface area contributed by atoms with Crippen molar-refractivity contribution in [1.29, 1.82) is 0 Å². The van der Waals surface area contributed by atoms with Gasteiger partial charge in [-0.1, -0.05) is 13.8 Å². The topological polar surface area (TPSA) is 62.6 Å². The fourth-order valence-corrected chi connectivity index (χ4v) is 2.29. The molecule has 0 spiro atoms. The third kappa shape index (κ3) is 5.25. The van der Waals surface area contributed by atoms with Crippen LogP contribution < -0.4 is 5.32 Å². The Hall–Kier alpha value is -1.78. The van der Waals surface area contributed by atoms with E-state index in [9.17, 15) is 9.59 Å². The third-order valence-electron chi connectivity index (χ3n) is 3.25. The lowest BCUT2D eigenvalue weighted by Gasteiger charge is -2.21. The number of hydrogen-bond donors (Lipinski definition) is 1.